The van der Waals surface area contributed by atoms with Gasteiger partial charge in [-0.2, -0.15) is 9.57 Å². The summed E-state index contributed by atoms with van der Waals surface area (Å²) in [5, 5.41) is 9.19. The van der Waals surface area contributed by atoms with Crippen molar-refractivity contribution in [2.45, 2.75) is 17.7 Å². The number of benzene rings is 2. The van der Waals surface area contributed by atoms with E-state index < -0.39 is 10.0 Å². The van der Waals surface area contributed by atoms with Gasteiger partial charge >= 0.3 is 0 Å². The van der Waals surface area contributed by atoms with Crippen LogP contribution in [0, 0.1) is 17.2 Å². The number of nitriles is 1. The maximum atomic E-state index is 13.0. The van der Waals surface area contributed by atoms with Gasteiger partial charge in [-0.25, -0.2) is 8.42 Å². The number of hydrogen-bond donors (Lipinski definition) is 0. The molecule has 9 heteroatoms. The van der Waals surface area contributed by atoms with Crippen LogP contribution in [0.3, 0.4) is 0 Å². The second kappa shape index (κ2) is 8.72. The number of carbonyl (C=O) groups is 1. The first-order valence-electron chi connectivity index (χ1n) is 8.97. The number of anilines is 1. The molecule has 1 heterocycles. The highest BCUT2D eigenvalue weighted by atomic mass is 35.5. The van der Waals surface area contributed by atoms with Gasteiger partial charge in [-0.15, -0.1) is 0 Å². The average molecular weight is 452 g/mol. The summed E-state index contributed by atoms with van der Waals surface area (Å²) < 4.78 is 27.2. The van der Waals surface area contributed by atoms with Gasteiger partial charge in [-0.3, -0.25) is 4.79 Å². The zero-order valence-corrected chi connectivity index (χ0v) is 18.0. The van der Waals surface area contributed by atoms with E-state index >= 15 is 0 Å². The van der Waals surface area contributed by atoms with E-state index in [1.165, 1.54) is 21.3 Å². The topological polar surface area (TPSA) is 81.5 Å². The van der Waals surface area contributed by atoms with E-state index in [0.29, 0.717) is 24.1 Å². The SMILES string of the molecule is CN(C(=O)C1CCN(S(=O)(=O)c2c(Cl)cccc2Cl)CC1)c1cccc(C#N)c1. The van der Waals surface area contributed by atoms with Crippen molar-refractivity contribution in [3.05, 3.63) is 58.1 Å². The number of amides is 1. The van der Waals surface area contributed by atoms with E-state index in [4.69, 9.17) is 28.5 Å². The summed E-state index contributed by atoms with van der Waals surface area (Å²) in [6.07, 6.45) is 0.783. The lowest BCUT2D eigenvalue weighted by atomic mass is 9.96. The second-order valence-corrected chi connectivity index (χ2v) is 9.48. The van der Waals surface area contributed by atoms with Gasteiger partial charge < -0.3 is 4.90 Å². The lowest BCUT2D eigenvalue weighted by molar-refractivity contribution is -0.123. The Hall–Kier alpha value is -2.11. The van der Waals surface area contributed by atoms with Crippen molar-refractivity contribution in [1.82, 2.24) is 4.31 Å². The molecule has 3 rings (SSSR count). The molecule has 1 aliphatic heterocycles. The van der Waals surface area contributed by atoms with Gasteiger partial charge in [0.25, 0.3) is 0 Å². The van der Waals surface area contributed by atoms with Crippen LogP contribution in [0.15, 0.2) is 47.4 Å². The first-order valence-corrected chi connectivity index (χ1v) is 11.2. The molecule has 1 fully saturated rings. The summed E-state index contributed by atoms with van der Waals surface area (Å²) in [4.78, 5) is 14.3. The molecule has 0 spiro atoms. The minimum absolute atomic E-state index is 0.0767. The number of hydrogen-bond acceptors (Lipinski definition) is 4. The van der Waals surface area contributed by atoms with Crippen molar-refractivity contribution < 1.29 is 13.2 Å². The summed E-state index contributed by atoms with van der Waals surface area (Å²) in [6, 6.07) is 13.4. The molecule has 6 nitrogen and oxygen atoms in total. The Labute approximate surface area is 180 Å². The lowest BCUT2D eigenvalue weighted by Gasteiger charge is -2.32. The Balaban J connectivity index is 1.71. The third-order valence-corrected chi connectivity index (χ3v) is 7.87. The van der Waals surface area contributed by atoms with E-state index in [-0.39, 0.29) is 39.9 Å². The second-order valence-electron chi connectivity index (χ2n) is 6.79. The van der Waals surface area contributed by atoms with E-state index in [0.717, 1.165) is 0 Å². The molecular formula is C20H19Cl2N3O3S. The van der Waals surface area contributed by atoms with Gasteiger partial charge in [0, 0.05) is 31.7 Å². The molecule has 0 atom stereocenters. The molecule has 0 aromatic heterocycles. The Kier molecular flexibility index (Phi) is 6.49. The Morgan fingerprint density at radius 3 is 2.31 bits per heavy atom. The molecule has 2 aromatic carbocycles. The van der Waals surface area contributed by atoms with Gasteiger partial charge in [0.15, 0.2) is 0 Å². The third kappa shape index (κ3) is 4.41. The first-order chi connectivity index (χ1) is 13.8. The highest BCUT2D eigenvalue weighted by Crippen LogP contribution is 2.33. The van der Waals surface area contributed by atoms with Crippen LogP contribution in [0.5, 0.6) is 0 Å². The highest BCUT2D eigenvalue weighted by Gasteiger charge is 2.35. The van der Waals surface area contributed by atoms with Crippen molar-refractivity contribution in [2.75, 3.05) is 25.0 Å². The zero-order valence-electron chi connectivity index (χ0n) is 15.7. The maximum Gasteiger partial charge on any atom is 0.246 e. The van der Waals surface area contributed by atoms with E-state index in [1.54, 1.807) is 37.4 Å². The molecule has 1 aliphatic rings. The molecule has 1 saturated heterocycles. The number of nitrogens with zero attached hydrogens (tertiary/aromatic N) is 3. The van der Waals surface area contributed by atoms with Crippen molar-refractivity contribution >= 4 is 44.8 Å². The maximum absolute atomic E-state index is 13.0. The normalized spacial score (nSPS) is 15.7. The van der Waals surface area contributed by atoms with E-state index in [2.05, 4.69) is 6.07 Å². The fraction of sp³-hybridized carbons (Fsp3) is 0.300. The van der Waals surface area contributed by atoms with Crippen LogP contribution in [0.1, 0.15) is 18.4 Å². The fourth-order valence-corrected chi connectivity index (χ4v) is 5.95. The predicted octanol–water partition coefficient (Wildman–Crippen LogP) is 3.93. The number of sulfonamides is 1. The Bertz CT molecular complexity index is 1050. The van der Waals surface area contributed by atoms with E-state index in [1.807, 2.05) is 0 Å². The van der Waals surface area contributed by atoms with Crippen LogP contribution in [-0.2, 0) is 14.8 Å². The summed E-state index contributed by atoms with van der Waals surface area (Å²) in [6.45, 7) is 0.402. The van der Waals surface area contributed by atoms with Crippen LogP contribution >= 0.6 is 23.2 Å². The van der Waals surface area contributed by atoms with Gasteiger partial charge in [0.2, 0.25) is 15.9 Å². The standard InChI is InChI=1S/C20H19Cl2N3O3S/c1-24(16-5-2-4-14(12-16)13-23)20(26)15-8-10-25(11-9-15)29(27,28)19-17(21)6-3-7-18(19)22/h2-7,12,15H,8-11H2,1H3. The summed E-state index contributed by atoms with van der Waals surface area (Å²) in [7, 11) is -2.19. The molecule has 2 aromatic rings. The van der Waals surface area contributed by atoms with E-state index in [9.17, 15) is 13.2 Å². The highest BCUT2D eigenvalue weighted by molar-refractivity contribution is 7.89. The molecule has 0 saturated carbocycles. The lowest BCUT2D eigenvalue weighted by Crippen LogP contribution is -2.43. The number of carbonyl (C=O) groups excluding carboxylic acids is 1. The van der Waals surface area contributed by atoms with Gasteiger partial charge in [-0.1, -0.05) is 35.3 Å². The summed E-state index contributed by atoms with van der Waals surface area (Å²) in [5.41, 5.74) is 1.10. The molecule has 0 radical (unpaired) electrons. The zero-order chi connectivity index (χ0) is 21.2. The van der Waals surface area contributed by atoms with Crippen molar-refractivity contribution in [3.8, 4) is 6.07 Å². The molecule has 0 N–H and O–H groups in total. The molecule has 152 valence electrons. The van der Waals surface area contributed by atoms with Crippen molar-refractivity contribution in [2.24, 2.45) is 5.92 Å². The van der Waals surface area contributed by atoms with Gasteiger partial charge in [0.05, 0.1) is 21.7 Å². The monoisotopic (exact) mass is 451 g/mol. The van der Waals surface area contributed by atoms with Crippen molar-refractivity contribution in [3.63, 3.8) is 0 Å². The Morgan fingerprint density at radius 1 is 1.14 bits per heavy atom. The van der Waals surface area contributed by atoms with Crippen LogP contribution < -0.4 is 4.90 Å². The van der Waals surface area contributed by atoms with Gasteiger partial charge in [0.1, 0.15) is 4.90 Å². The van der Waals surface area contributed by atoms with Crippen LogP contribution in [0.25, 0.3) is 0 Å². The number of rotatable bonds is 4. The number of halogens is 2. The molecular weight excluding hydrogens is 433 g/mol. The first kappa shape index (κ1) is 21.6. The smallest absolute Gasteiger partial charge is 0.246 e. The summed E-state index contributed by atoms with van der Waals surface area (Å²) >= 11 is 12.1. The molecule has 1 amide bonds. The Morgan fingerprint density at radius 2 is 1.72 bits per heavy atom. The largest absolute Gasteiger partial charge is 0.315 e. The number of piperidine rings is 1. The summed E-state index contributed by atoms with van der Waals surface area (Å²) in [5.74, 6) is -0.410. The van der Waals surface area contributed by atoms with Crippen LogP contribution in [0.2, 0.25) is 10.0 Å². The quantitative estimate of drug-likeness (QED) is 0.704. The predicted molar refractivity (Wildman–Crippen MR) is 113 cm³/mol. The fourth-order valence-electron chi connectivity index (χ4n) is 3.39. The molecule has 0 aliphatic carbocycles. The molecule has 0 bridgehead atoms. The van der Waals surface area contributed by atoms with Crippen LogP contribution in [0.4, 0.5) is 5.69 Å². The van der Waals surface area contributed by atoms with Crippen molar-refractivity contribution in [1.29, 1.82) is 5.26 Å². The molecule has 0 unspecified atom stereocenters. The van der Waals surface area contributed by atoms with Gasteiger partial charge in [-0.05, 0) is 43.2 Å². The van der Waals surface area contributed by atoms with Crippen LogP contribution in [-0.4, -0.2) is 38.8 Å². The third-order valence-electron chi connectivity index (χ3n) is 5.01. The minimum Gasteiger partial charge on any atom is -0.315 e. The minimum atomic E-state index is -3.85. The average Bonchev–Trinajstić information content (AvgIpc) is 2.72. The molecule has 29 heavy (non-hydrogen) atoms.